The van der Waals surface area contributed by atoms with Crippen LogP contribution >= 0.6 is 11.8 Å². The second-order valence-electron chi connectivity index (χ2n) is 8.15. The van der Waals surface area contributed by atoms with Gasteiger partial charge in [-0.3, -0.25) is 4.79 Å². The molecule has 0 atom stereocenters. The lowest BCUT2D eigenvalue weighted by Gasteiger charge is -2.43. The number of benzene rings is 2. The number of nitrogens with zero attached hydrogens (tertiary/aromatic N) is 2. The maximum Gasteiger partial charge on any atom is 0.264 e. The third kappa shape index (κ3) is 4.12. The smallest absolute Gasteiger partial charge is 0.264 e. The maximum atomic E-state index is 12.6. The number of methoxy groups -OCH3 is 1. The lowest BCUT2D eigenvalue weighted by Crippen LogP contribution is -2.44. The summed E-state index contributed by atoms with van der Waals surface area (Å²) in [6, 6.07) is 13.8. The molecular formula is C25H27N3O2S. The number of carbonyl (C=O) groups is 1. The first-order valence-electron chi connectivity index (χ1n) is 10.4. The summed E-state index contributed by atoms with van der Waals surface area (Å²) in [6.07, 6.45) is 4.18. The number of thioether (sulfide) groups is 1. The van der Waals surface area contributed by atoms with Crippen molar-refractivity contribution < 1.29 is 9.53 Å². The van der Waals surface area contributed by atoms with E-state index in [4.69, 9.17) is 4.74 Å². The van der Waals surface area contributed by atoms with E-state index < -0.39 is 0 Å². The normalized spacial score (nSPS) is 20.0. The zero-order valence-corrected chi connectivity index (χ0v) is 19.3. The van der Waals surface area contributed by atoms with Crippen molar-refractivity contribution >= 4 is 45.9 Å². The second kappa shape index (κ2) is 8.27. The Morgan fingerprint density at radius 1 is 1.23 bits per heavy atom. The topological polar surface area (TPSA) is 53.9 Å². The van der Waals surface area contributed by atoms with Crippen LogP contribution in [0.4, 0.5) is 11.4 Å². The Labute approximate surface area is 187 Å². The van der Waals surface area contributed by atoms with Gasteiger partial charge in [0, 0.05) is 29.4 Å². The van der Waals surface area contributed by atoms with Gasteiger partial charge >= 0.3 is 0 Å². The quantitative estimate of drug-likeness (QED) is 0.637. The molecule has 0 radical (unpaired) electrons. The van der Waals surface area contributed by atoms with Crippen molar-refractivity contribution in [2.75, 3.05) is 18.6 Å². The van der Waals surface area contributed by atoms with E-state index in [-0.39, 0.29) is 11.4 Å². The Morgan fingerprint density at radius 3 is 2.65 bits per heavy atom. The predicted molar refractivity (Wildman–Crippen MR) is 131 cm³/mol. The van der Waals surface area contributed by atoms with Gasteiger partial charge in [-0.15, -0.1) is 0 Å². The number of rotatable bonds is 4. The van der Waals surface area contributed by atoms with Crippen LogP contribution in [-0.2, 0) is 4.79 Å². The molecule has 0 saturated carbocycles. The molecule has 5 nitrogen and oxygen atoms in total. The molecule has 0 aliphatic carbocycles. The second-order valence-corrected chi connectivity index (χ2v) is 9.18. The Hall–Kier alpha value is -2.99. The molecule has 31 heavy (non-hydrogen) atoms. The van der Waals surface area contributed by atoms with Crippen LogP contribution in [-0.4, -0.2) is 30.3 Å². The van der Waals surface area contributed by atoms with Gasteiger partial charge in [0.05, 0.1) is 23.2 Å². The van der Waals surface area contributed by atoms with Crippen molar-refractivity contribution in [1.29, 1.82) is 0 Å². The fraction of sp³-hybridized carbons (Fsp3) is 0.280. The number of hydrogen-bond donors (Lipinski definition) is 1. The summed E-state index contributed by atoms with van der Waals surface area (Å²) in [5, 5.41) is 3.43. The zero-order valence-electron chi connectivity index (χ0n) is 18.5. The van der Waals surface area contributed by atoms with Crippen molar-refractivity contribution in [2.45, 2.75) is 33.2 Å². The molecular weight excluding hydrogens is 406 g/mol. The summed E-state index contributed by atoms with van der Waals surface area (Å²) >= 11 is 1.34. The lowest BCUT2D eigenvalue weighted by atomic mass is 9.87. The van der Waals surface area contributed by atoms with Crippen LogP contribution in [0, 0.1) is 0 Å². The van der Waals surface area contributed by atoms with Gasteiger partial charge in [-0.1, -0.05) is 24.3 Å². The molecule has 2 aromatic rings. The van der Waals surface area contributed by atoms with Crippen LogP contribution in [0.25, 0.3) is 11.6 Å². The van der Waals surface area contributed by atoms with Gasteiger partial charge in [-0.25, -0.2) is 4.99 Å². The molecule has 1 amide bonds. The molecule has 2 aromatic carbocycles. The van der Waals surface area contributed by atoms with E-state index in [1.807, 2.05) is 36.4 Å². The molecule has 0 unspecified atom stereocenters. The molecule has 2 aliphatic heterocycles. The first-order valence-corrected chi connectivity index (χ1v) is 11.2. The molecule has 0 bridgehead atoms. The highest BCUT2D eigenvalue weighted by Gasteiger charge is 2.31. The fourth-order valence-corrected chi connectivity index (χ4v) is 5.06. The van der Waals surface area contributed by atoms with E-state index in [9.17, 15) is 4.79 Å². The van der Waals surface area contributed by atoms with Gasteiger partial charge in [-0.2, -0.15) is 0 Å². The highest BCUT2D eigenvalue weighted by atomic mass is 32.2. The number of para-hydroxylation sites is 1. The van der Waals surface area contributed by atoms with Crippen molar-refractivity contribution in [1.82, 2.24) is 5.32 Å². The number of anilines is 1. The van der Waals surface area contributed by atoms with E-state index in [0.29, 0.717) is 10.1 Å². The van der Waals surface area contributed by atoms with Gasteiger partial charge in [0.2, 0.25) is 0 Å². The summed E-state index contributed by atoms with van der Waals surface area (Å²) in [4.78, 5) is 20.1. The third-order valence-corrected chi connectivity index (χ3v) is 6.48. The number of aliphatic imine (C=N–C) groups is 1. The summed E-state index contributed by atoms with van der Waals surface area (Å²) in [5.74, 6) is 0.597. The molecule has 1 saturated heterocycles. The van der Waals surface area contributed by atoms with Crippen LogP contribution in [0.3, 0.4) is 0 Å². The standard InChI is InChI=1S/C25H27N3O2S/c1-6-28-20-14-21(30-5)17(12-19(20)16(2)15-25(28,3)4)13-22-23(29)27-24(31-22)26-18-10-8-7-9-11-18/h7-15H,6H2,1-5H3,(H,26,27,29)/b22-13+. The number of amides is 1. The Bertz CT molecular complexity index is 1120. The molecule has 4 rings (SSSR count). The van der Waals surface area contributed by atoms with Crippen LogP contribution in [0.2, 0.25) is 0 Å². The van der Waals surface area contributed by atoms with E-state index >= 15 is 0 Å². The molecule has 1 N–H and O–H groups in total. The molecule has 6 heteroatoms. The molecule has 2 aliphatic rings. The Balaban J connectivity index is 1.72. The highest BCUT2D eigenvalue weighted by molar-refractivity contribution is 8.18. The molecule has 0 spiro atoms. The van der Waals surface area contributed by atoms with Crippen LogP contribution < -0.4 is 15.0 Å². The molecule has 1 fully saturated rings. The minimum Gasteiger partial charge on any atom is -0.496 e. The number of allylic oxidation sites excluding steroid dienone is 1. The van der Waals surface area contributed by atoms with E-state index in [2.05, 4.69) is 61.1 Å². The number of amidine groups is 1. The molecule has 0 aromatic heterocycles. The monoisotopic (exact) mass is 433 g/mol. The number of hydrogen-bond acceptors (Lipinski definition) is 5. The van der Waals surface area contributed by atoms with Crippen molar-refractivity contribution in [3.63, 3.8) is 0 Å². The van der Waals surface area contributed by atoms with Crippen molar-refractivity contribution in [2.24, 2.45) is 4.99 Å². The average molecular weight is 434 g/mol. The van der Waals surface area contributed by atoms with Crippen molar-refractivity contribution in [3.8, 4) is 5.75 Å². The minimum absolute atomic E-state index is 0.0686. The number of likely N-dealkylation sites (N-methyl/N-ethyl adjacent to an activating group) is 1. The summed E-state index contributed by atoms with van der Waals surface area (Å²) in [6.45, 7) is 9.63. The third-order valence-electron chi connectivity index (χ3n) is 5.57. The number of ether oxygens (including phenoxy) is 1. The lowest BCUT2D eigenvalue weighted by molar-refractivity contribution is -0.115. The summed E-state index contributed by atoms with van der Waals surface area (Å²) in [7, 11) is 1.67. The average Bonchev–Trinajstić information content (AvgIpc) is 3.07. The van der Waals surface area contributed by atoms with Gasteiger partial charge < -0.3 is 15.0 Å². The van der Waals surface area contributed by atoms with Crippen molar-refractivity contribution in [3.05, 3.63) is 64.6 Å². The zero-order chi connectivity index (χ0) is 22.2. The number of fused-ring (bicyclic) bond motifs is 1. The first kappa shape index (κ1) is 21.2. The fourth-order valence-electron chi connectivity index (χ4n) is 4.23. The Morgan fingerprint density at radius 2 is 1.97 bits per heavy atom. The van der Waals surface area contributed by atoms with Gasteiger partial charge in [0.25, 0.3) is 5.91 Å². The van der Waals surface area contributed by atoms with E-state index in [1.165, 1.54) is 17.3 Å². The van der Waals surface area contributed by atoms with Gasteiger partial charge in [0.1, 0.15) is 5.75 Å². The SMILES string of the molecule is CCN1c2cc(OC)c(/C=C3/SC(=Nc4ccccc4)NC3=O)cc2C(C)=CC1(C)C. The van der Waals surface area contributed by atoms with Gasteiger partial charge in [-0.05, 0) is 69.3 Å². The maximum absolute atomic E-state index is 12.6. The summed E-state index contributed by atoms with van der Waals surface area (Å²) in [5.41, 5.74) is 5.16. The van der Waals surface area contributed by atoms with E-state index in [0.717, 1.165) is 34.8 Å². The molecule has 160 valence electrons. The number of carbonyl (C=O) groups excluding carboxylic acids is 1. The largest absolute Gasteiger partial charge is 0.496 e. The first-order chi connectivity index (χ1) is 14.8. The predicted octanol–water partition coefficient (Wildman–Crippen LogP) is 5.61. The van der Waals surface area contributed by atoms with Crippen LogP contribution in [0.5, 0.6) is 5.75 Å². The van der Waals surface area contributed by atoms with Crippen LogP contribution in [0.15, 0.2) is 58.4 Å². The Kier molecular flexibility index (Phi) is 5.67. The van der Waals surface area contributed by atoms with Gasteiger partial charge in [0.15, 0.2) is 5.17 Å². The van der Waals surface area contributed by atoms with E-state index in [1.54, 1.807) is 7.11 Å². The minimum atomic E-state index is -0.150. The summed E-state index contributed by atoms with van der Waals surface area (Å²) < 4.78 is 5.71. The molecule has 2 heterocycles. The highest BCUT2D eigenvalue weighted by Crippen LogP contribution is 2.43. The van der Waals surface area contributed by atoms with Crippen LogP contribution in [0.1, 0.15) is 38.8 Å². The number of nitrogens with one attached hydrogen (secondary N) is 1.